The van der Waals surface area contributed by atoms with Gasteiger partial charge in [-0.05, 0) is 19.1 Å². The van der Waals surface area contributed by atoms with Gasteiger partial charge in [-0.15, -0.1) is 11.8 Å². The number of hydrogen-bond donors (Lipinski definition) is 1. The first-order valence-corrected chi connectivity index (χ1v) is 6.36. The highest BCUT2D eigenvalue weighted by Crippen LogP contribution is 2.34. The van der Waals surface area contributed by atoms with Crippen LogP contribution in [0.4, 0.5) is 5.69 Å². The van der Waals surface area contributed by atoms with Crippen molar-refractivity contribution in [2.24, 2.45) is 5.92 Å². The number of carboxylic acid groups (broad SMARTS) is 1. The highest BCUT2D eigenvalue weighted by atomic mass is 32.2. The Hall–Kier alpha value is -1.49. The van der Waals surface area contributed by atoms with Crippen LogP contribution in [0.2, 0.25) is 0 Å². The third kappa shape index (κ3) is 2.29. The average molecular weight is 251 g/mol. The molecule has 0 aromatic heterocycles. The van der Waals surface area contributed by atoms with Gasteiger partial charge in [0.2, 0.25) is 5.91 Å². The fourth-order valence-electron chi connectivity index (χ4n) is 1.74. The molecule has 4 nitrogen and oxygen atoms in total. The van der Waals surface area contributed by atoms with E-state index in [1.807, 2.05) is 24.3 Å². The SMILES string of the molecule is CC(C(=O)O)C(=O)N1CCSc2ccccc21. The molecule has 1 aliphatic rings. The van der Waals surface area contributed by atoms with Crippen molar-refractivity contribution in [3.63, 3.8) is 0 Å². The molecule has 1 atom stereocenters. The number of fused-ring (bicyclic) bond motifs is 1. The highest BCUT2D eigenvalue weighted by Gasteiger charge is 2.29. The Bertz CT molecular complexity index is 461. The Morgan fingerprint density at radius 1 is 1.41 bits per heavy atom. The normalized spacial score (nSPS) is 16.2. The number of carbonyl (C=O) groups excluding carboxylic acids is 1. The van der Waals surface area contributed by atoms with Crippen LogP contribution in [0.15, 0.2) is 29.2 Å². The third-order valence-electron chi connectivity index (χ3n) is 2.74. The molecule has 90 valence electrons. The zero-order chi connectivity index (χ0) is 12.4. The minimum Gasteiger partial charge on any atom is -0.481 e. The van der Waals surface area contributed by atoms with Crippen molar-refractivity contribution in [1.29, 1.82) is 0 Å². The molecule has 0 bridgehead atoms. The number of amides is 1. The third-order valence-corrected chi connectivity index (χ3v) is 3.78. The minimum absolute atomic E-state index is 0.342. The Balaban J connectivity index is 2.30. The van der Waals surface area contributed by atoms with E-state index in [0.29, 0.717) is 6.54 Å². The fraction of sp³-hybridized carbons (Fsp3) is 0.333. The van der Waals surface area contributed by atoms with Crippen LogP contribution in [0.25, 0.3) is 0 Å². The van der Waals surface area contributed by atoms with Crippen LogP contribution >= 0.6 is 11.8 Å². The van der Waals surface area contributed by atoms with E-state index in [4.69, 9.17) is 5.11 Å². The molecule has 2 rings (SSSR count). The molecule has 1 aliphatic heterocycles. The summed E-state index contributed by atoms with van der Waals surface area (Å²) in [5.74, 6) is -1.61. The topological polar surface area (TPSA) is 57.6 Å². The number of nitrogens with zero attached hydrogens (tertiary/aromatic N) is 1. The first kappa shape index (κ1) is 12.0. The summed E-state index contributed by atoms with van der Waals surface area (Å²) in [6.07, 6.45) is 0. The van der Waals surface area contributed by atoms with Crippen LogP contribution in [0.3, 0.4) is 0 Å². The number of benzene rings is 1. The molecule has 1 heterocycles. The van der Waals surface area contributed by atoms with Crippen LogP contribution in [-0.4, -0.2) is 29.3 Å². The lowest BCUT2D eigenvalue weighted by atomic mass is 10.1. The second-order valence-electron chi connectivity index (χ2n) is 3.87. The van der Waals surface area contributed by atoms with E-state index >= 15 is 0 Å². The van der Waals surface area contributed by atoms with Crippen LogP contribution in [0, 0.1) is 5.92 Å². The quantitative estimate of drug-likeness (QED) is 0.815. The number of anilines is 1. The van der Waals surface area contributed by atoms with Gasteiger partial charge in [0.15, 0.2) is 0 Å². The van der Waals surface area contributed by atoms with Gasteiger partial charge in [-0.25, -0.2) is 0 Å². The van der Waals surface area contributed by atoms with Crippen LogP contribution in [0.1, 0.15) is 6.92 Å². The van der Waals surface area contributed by atoms with Gasteiger partial charge in [0.1, 0.15) is 5.92 Å². The van der Waals surface area contributed by atoms with E-state index < -0.39 is 11.9 Å². The summed E-state index contributed by atoms with van der Waals surface area (Å²) >= 11 is 1.69. The number of aliphatic carboxylic acids is 1. The lowest BCUT2D eigenvalue weighted by Crippen LogP contribution is -2.41. The predicted octanol–water partition coefficient (Wildman–Crippen LogP) is 1.85. The van der Waals surface area contributed by atoms with E-state index in [9.17, 15) is 9.59 Å². The van der Waals surface area contributed by atoms with E-state index in [1.54, 1.807) is 16.7 Å². The molecule has 0 spiro atoms. The van der Waals surface area contributed by atoms with Gasteiger partial charge in [-0.2, -0.15) is 0 Å². The summed E-state index contributed by atoms with van der Waals surface area (Å²) in [6, 6.07) is 7.58. The fourth-order valence-corrected chi connectivity index (χ4v) is 2.73. The number of hydrogen-bond acceptors (Lipinski definition) is 3. The van der Waals surface area contributed by atoms with Crippen molar-refractivity contribution in [1.82, 2.24) is 0 Å². The van der Waals surface area contributed by atoms with Crippen molar-refractivity contribution < 1.29 is 14.7 Å². The predicted molar refractivity (Wildman–Crippen MR) is 66.3 cm³/mol. The Morgan fingerprint density at radius 3 is 2.82 bits per heavy atom. The van der Waals surface area contributed by atoms with Gasteiger partial charge in [-0.3, -0.25) is 9.59 Å². The van der Waals surface area contributed by atoms with Gasteiger partial charge in [0.25, 0.3) is 0 Å². The van der Waals surface area contributed by atoms with Gasteiger partial charge in [0.05, 0.1) is 5.69 Å². The number of para-hydroxylation sites is 1. The maximum Gasteiger partial charge on any atom is 0.315 e. The largest absolute Gasteiger partial charge is 0.481 e. The van der Waals surface area contributed by atoms with Crippen LogP contribution < -0.4 is 4.90 Å². The number of carboxylic acids is 1. The zero-order valence-electron chi connectivity index (χ0n) is 9.42. The monoisotopic (exact) mass is 251 g/mol. The van der Waals surface area contributed by atoms with Crippen molar-refractivity contribution >= 4 is 29.3 Å². The molecule has 0 saturated carbocycles. The molecular weight excluding hydrogens is 238 g/mol. The zero-order valence-corrected chi connectivity index (χ0v) is 10.2. The van der Waals surface area contributed by atoms with Crippen molar-refractivity contribution in [2.45, 2.75) is 11.8 Å². The van der Waals surface area contributed by atoms with Gasteiger partial charge >= 0.3 is 5.97 Å². The molecule has 0 aliphatic carbocycles. The summed E-state index contributed by atoms with van der Waals surface area (Å²) in [5, 5.41) is 8.88. The molecule has 0 saturated heterocycles. The smallest absolute Gasteiger partial charge is 0.315 e. The number of rotatable bonds is 2. The van der Waals surface area contributed by atoms with Crippen molar-refractivity contribution in [3.05, 3.63) is 24.3 Å². The summed E-state index contributed by atoms with van der Waals surface area (Å²) < 4.78 is 0. The van der Waals surface area contributed by atoms with Gasteiger partial charge < -0.3 is 10.0 Å². The first-order chi connectivity index (χ1) is 8.11. The molecule has 0 fully saturated rings. The van der Waals surface area contributed by atoms with Crippen LogP contribution in [-0.2, 0) is 9.59 Å². The molecular formula is C12H13NO3S. The van der Waals surface area contributed by atoms with E-state index in [1.165, 1.54) is 6.92 Å². The first-order valence-electron chi connectivity index (χ1n) is 5.37. The van der Waals surface area contributed by atoms with E-state index in [2.05, 4.69) is 0 Å². The second-order valence-corrected chi connectivity index (χ2v) is 5.00. The lowest BCUT2D eigenvalue weighted by Gasteiger charge is -2.30. The summed E-state index contributed by atoms with van der Waals surface area (Å²) in [7, 11) is 0. The van der Waals surface area contributed by atoms with Gasteiger partial charge in [0, 0.05) is 17.2 Å². The molecule has 1 aromatic rings. The number of thioether (sulfide) groups is 1. The second kappa shape index (κ2) is 4.79. The van der Waals surface area contributed by atoms with E-state index in [0.717, 1.165) is 16.3 Å². The van der Waals surface area contributed by atoms with Crippen molar-refractivity contribution in [2.75, 3.05) is 17.2 Å². The number of carbonyl (C=O) groups is 2. The standard InChI is InChI=1S/C12H13NO3S/c1-8(12(15)16)11(14)13-6-7-17-10-5-3-2-4-9(10)13/h2-5,8H,6-7H2,1H3,(H,15,16). The summed E-state index contributed by atoms with van der Waals surface area (Å²) in [6.45, 7) is 1.99. The molecule has 1 amide bonds. The molecule has 0 radical (unpaired) electrons. The minimum atomic E-state index is -1.08. The molecule has 1 unspecified atom stereocenters. The summed E-state index contributed by atoms with van der Waals surface area (Å²) in [4.78, 5) is 25.5. The maximum absolute atomic E-state index is 12.0. The van der Waals surface area contributed by atoms with Crippen molar-refractivity contribution in [3.8, 4) is 0 Å². The van der Waals surface area contributed by atoms with Crippen LogP contribution in [0.5, 0.6) is 0 Å². The molecule has 17 heavy (non-hydrogen) atoms. The molecule has 1 N–H and O–H groups in total. The average Bonchev–Trinajstić information content (AvgIpc) is 2.36. The Labute approximate surface area is 104 Å². The van der Waals surface area contributed by atoms with E-state index in [-0.39, 0.29) is 5.91 Å². The Kier molecular flexibility index (Phi) is 3.38. The molecule has 5 heteroatoms. The van der Waals surface area contributed by atoms with Gasteiger partial charge in [-0.1, -0.05) is 12.1 Å². The Morgan fingerprint density at radius 2 is 2.12 bits per heavy atom. The highest BCUT2D eigenvalue weighted by molar-refractivity contribution is 7.99. The summed E-state index contributed by atoms with van der Waals surface area (Å²) in [5.41, 5.74) is 0.821. The maximum atomic E-state index is 12.0. The lowest BCUT2D eigenvalue weighted by molar-refractivity contribution is -0.145. The molecule has 1 aromatic carbocycles.